The lowest BCUT2D eigenvalue weighted by molar-refractivity contribution is -0.143. The number of nitrogens with one attached hydrogen (secondary N) is 3. The average Bonchev–Trinajstić information content (AvgIpc) is 2.78. The molecule has 0 aliphatic carbocycles. The first-order chi connectivity index (χ1) is 16.0. The minimum absolute atomic E-state index is 0.0423. The van der Waals surface area contributed by atoms with Crippen molar-refractivity contribution in [2.45, 2.75) is 63.2 Å². The van der Waals surface area contributed by atoms with Gasteiger partial charge in [-0.25, -0.2) is 4.79 Å². The van der Waals surface area contributed by atoms with E-state index in [-0.39, 0.29) is 6.42 Å². The molecule has 188 valence electrons. The van der Waals surface area contributed by atoms with Gasteiger partial charge in [0.15, 0.2) is 0 Å². The van der Waals surface area contributed by atoms with Crippen LogP contribution in [0.2, 0.25) is 0 Å². The van der Waals surface area contributed by atoms with Gasteiger partial charge in [-0.05, 0) is 31.9 Å². The molecule has 12 heteroatoms. The van der Waals surface area contributed by atoms with Crippen LogP contribution < -0.4 is 33.2 Å². The van der Waals surface area contributed by atoms with Gasteiger partial charge in [-0.1, -0.05) is 36.8 Å². The van der Waals surface area contributed by atoms with Crippen molar-refractivity contribution in [3.8, 4) is 0 Å². The molecule has 10 N–H and O–H groups in total. The zero-order valence-corrected chi connectivity index (χ0v) is 19.2. The minimum Gasteiger partial charge on any atom is -0.480 e. The van der Waals surface area contributed by atoms with Gasteiger partial charge in [0.05, 0.1) is 12.5 Å². The largest absolute Gasteiger partial charge is 0.480 e. The van der Waals surface area contributed by atoms with E-state index < -0.39 is 60.2 Å². The number of hydrogen-bond acceptors (Lipinski definition) is 7. The molecule has 0 spiro atoms. The van der Waals surface area contributed by atoms with E-state index in [4.69, 9.17) is 17.2 Å². The van der Waals surface area contributed by atoms with Crippen LogP contribution in [-0.4, -0.2) is 65.4 Å². The van der Waals surface area contributed by atoms with Gasteiger partial charge >= 0.3 is 5.97 Å². The van der Waals surface area contributed by atoms with Crippen molar-refractivity contribution in [3.63, 3.8) is 0 Å². The summed E-state index contributed by atoms with van der Waals surface area (Å²) in [6, 6.07) is 4.18. The van der Waals surface area contributed by atoms with E-state index in [0.717, 1.165) is 6.42 Å². The molecule has 12 nitrogen and oxygen atoms in total. The van der Waals surface area contributed by atoms with E-state index in [0.29, 0.717) is 24.9 Å². The lowest BCUT2D eigenvalue weighted by atomic mass is 10.0. The Morgan fingerprint density at radius 2 is 1.53 bits per heavy atom. The van der Waals surface area contributed by atoms with Gasteiger partial charge in [-0.3, -0.25) is 19.2 Å². The number of unbranched alkanes of at least 4 members (excludes halogenated alkanes) is 1. The first kappa shape index (κ1) is 28.5. The highest BCUT2D eigenvalue weighted by atomic mass is 16.4. The number of aliphatic carboxylic acids is 1. The number of carboxylic acids is 1. The zero-order valence-electron chi connectivity index (χ0n) is 19.2. The summed E-state index contributed by atoms with van der Waals surface area (Å²) < 4.78 is 0. The molecule has 0 aromatic heterocycles. The summed E-state index contributed by atoms with van der Waals surface area (Å²) in [6.45, 7) is 1.92. The second-order valence-electron chi connectivity index (χ2n) is 7.94. The van der Waals surface area contributed by atoms with Crippen molar-refractivity contribution >= 4 is 29.6 Å². The molecule has 34 heavy (non-hydrogen) atoms. The number of amides is 4. The smallest absolute Gasteiger partial charge is 0.326 e. The second-order valence-corrected chi connectivity index (χ2v) is 7.94. The summed E-state index contributed by atoms with van der Waals surface area (Å²) in [5.74, 6) is -4.35. The molecule has 0 aliphatic heterocycles. The van der Waals surface area contributed by atoms with E-state index in [1.54, 1.807) is 30.3 Å². The maximum Gasteiger partial charge on any atom is 0.326 e. The first-order valence-electron chi connectivity index (χ1n) is 11.0. The number of carbonyl (C=O) groups excluding carboxylic acids is 4. The Morgan fingerprint density at radius 3 is 2.09 bits per heavy atom. The van der Waals surface area contributed by atoms with Crippen LogP contribution in [0.4, 0.5) is 0 Å². The van der Waals surface area contributed by atoms with Gasteiger partial charge in [-0.2, -0.15) is 0 Å². The Labute approximate surface area is 198 Å². The molecular weight excluding hydrogens is 444 g/mol. The summed E-state index contributed by atoms with van der Waals surface area (Å²) in [6.07, 6.45) is 1.23. The normalized spacial score (nSPS) is 14.2. The average molecular weight is 479 g/mol. The number of rotatable bonds is 15. The predicted octanol–water partition coefficient (Wildman–Crippen LogP) is -1.88. The Bertz CT molecular complexity index is 850. The van der Waals surface area contributed by atoms with Gasteiger partial charge < -0.3 is 38.3 Å². The Balaban J connectivity index is 2.88. The van der Waals surface area contributed by atoms with Crippen LogP contribution in [0.5, 0.6) is 0 Å². The summed E-state index contributed by atoms with van der Waals surface area (Å²) >= 11 is 0. The molecule has 0 bridgehead atoms. The number of nitrogens with two attached hydrogens (primary N) is 3. The van der Waals surface area contributed by atoms with Gasteiger partial charge in [0.1, 0.15) is 18.1 Å². The van der Waals surface area contributed by atoms with Crippen molar-refractivity contribution < 1.29 is 29.1 Å². The topological polar surface area (TPSA) is 220 Å². The lowest BCUT2D eigenvalue weighted by Crippen LogP contribution is -2.57. The third-order valence-electron chi connectivity index (χ3n) is 4.99. The molecule has 1 rings (SSSR count). The molecule has 0 fully saturated rings. The van der Waals surface area contributed by atoms with Crippen molar-refractivity contribution in [1.29, 1.82) is 0 Å². The highest BCUT2D eigenvalue weighted by Crippen LogP contribution is 2.06. The highest BCUT2D eigenvalue weighted by Gasteiger charge is 2.29. The summed E-state index contributed by atoms with van der Waals surface area (Å²) in [5.41, 5.74) is 17.0. The molecule has 1 aromatic rings. The fourth-order valence-electron chi connectivity index (χ4n) is 3.06. The van der Waals surface area contributed by atoms with Crippen LogP contribution in [0.25, 0.3) is 0 Å². The van der Waals surface area contributed by atoms with Crippen LogP contribution in [0.1, 0.15) is 38.2 Å². The maximum absolute atomic E-state index is 12.8. The van der Waals surface area contributed by atoms with Crippen LogP contribution in [-0.2, 0) is 30.4 Å². The Kier molecular flexibility index (Phi) is 12.2. The standard InChI is InChI=1S/C22H34N6O6/c1-13(26-20(31)15(24)9-5-6-10-23)19(30)27-16(11-14-7-3-2-4-8-14)21(32)28-17(22(33)34)12-18(25)29/h2-4,7-8,13,15-17H,5-6,9-12,23-24H2,1H3,(H2,25,29)(H,26,31)(H,27,30)(H,28,32)(H,33,34). The molecule has 4 amide bonds. The molecule has 4 unspecified atom stereocenters. The van der Waals surface area contributed by atoms with Crippen molar-refractivity contribution in [1.82, 2.24) is 16.0 Å². The van der Waals surface area contributed by atoms with Crippen molar-refractivity contribution in [2.75, 3.05) is 6.54 Å². The van der Waals surface area contributed by atoms with Crippen LogP contribution >= 0.6 is 0 Å². The third kappa shape index (κ3) is 10.4. The maximum atomic E-state index is 12.8. The minimum atomic E-state index is -1.55. The SMILES string of the molecule is CC(NC(=O)C(N)CCCCN)C(=O)NC(Cc1ccccc1)C(=O)NC(CC(N)=O)C(=O)O. The van der Waals surface area contributed by atoms with Gasteiger partial charge in [-0.15, -0.1) is 0 Å². The molecule has 0 saturated carbocycles. The molecule has 1 aromatic carbocycles. The van der Waals surface area contributed by atoms with Crippen molar-refractivity contribution in [3.05, 3.63) is 35.9 Å². The molecule has 4 atom stereocenters. The Hall–Kier alpha value is -3.51. The fourth-order valence-corrected chi connectivity index (χ4v) is 3.06. The van der Waals surface area contributed by atoms with Gasteiger partial charge in [0, 0.05) is 6.42 Å². The zero-order chi connectivity index (χ0) is 25.7. The molecule has 0 radical (unpaired) electrons. The summed E-state index contributed by atoms with van der Waals surface area (Å²) in [4.78, 5) is 60.3. The fraction of sp³-hybridized carbons (Fsp3) is 0.500. The van der Waals surface area contributed by atoms with Crippen LogP contribution in [0.3, 0.4) is 0 Å². The number of benzene rings is 1. The monoisotopic (exact) mass is 478 g/mol. The van der Waals surface area contributed by atoms with E-state index in [2.05, 4.69) is 16.0 Å². The number of hydrogen-bond donors (Lipinski definition) is 7. The van der Waals surface area contributed by atoms with E-state index in [9.17, 15) is 29.1 Å². The predicted molar refractivity (Wildman–Crippen MR) is 124 cm³/mol. The van der Waals surface area contributed by atoms with E-state index in [1.807, 2.05) is 0 Å². The van der Waals surface area contributed by atoms with E-state index in [1.165, 1.54) is 6.92 Å². The van der Waals surface area contributed by atoms with Gasteiger partial charge in [0.25, 0.3) is 0 Å². The summed E-state index contributed by atoms with van der Waals surface area (Å²) in [7, 11) is 0. The lowest BCUT2D eigenvalue weighted by Gasteiger charge is -2.23. The second kappa shape index (κ2) is 14.6. The quantitative estimate of drug-likeness (QED) is 0.141. The van der Waals surface area contributed by atoms with Gasteiger partial charge in [0.2, 0.25) is 23.6 Å². The Morgan fingerprint density at radius 1 is 0.912 bits per heavy atom. The summed E-state index contributed by atoms with van der Waals surface area (Å²) in [5, 5.41) is 16.5. The van der Waals surface area contributed by atoms with Crippen LogP contribution in [0.15, 0.2) is 30.3 Å². The highest BCUT2D eigenvalue weighted by molar-refractivity contribution is 5.94. The van der Waals surface area contributed by atoms with E-state index >= 15 is 0 Å². The molecule has 0 heterocycles. The number of primary amides is 1. The first-order valence-corrected chi connectivity index (χ1v) is 11.0. The molecular formula is C22H34N6O6. The number of carboxylic acid groups (broad SMARTS) is 1. The molecule has 0 saturated heterocycles. The van der Waals surface area contributed by atoms with Crippen molar-refractivity contribution in [2.24, 2.45) is 17.2 Å². The van der Waals surface area contributed by atoms with Crippen LogP contribution in [0, 0.1) is 0 Å². The number of carbonyl (C=O) groups is 5. The third-order valence-corrected chi connectivity index (χ3v) is 4.99. The molecule has 0 aliphatic rings.